The van der Waals surface area contributed by atoms with Crippen molar-refractivity contribution >= 4 is 11.8 Å². The van der Waals surface area contributed by atoms with E-state index in [1.54, 1.807) is 7.05 Å². The molecule has 1 rings (SSSR count). The van der Waals surface area contributed by atoms with Gasteiger partial charge in [-0.15, -0.1) is 0 Å². The summed E-state index contributed by atoms with van der Waals surface area (Å²) < 4.78 is 0. The molecule has 1 fully saturated rings. The second-order valence-electron chi connectivity index (χ2n) is 4.86. The lowest BCUT2D eigenvalue weighted by molar-refractivity contribution is -0.139. The molecule has 5 heteroatoms. The molecule has 98 valence electrons. The minimum absolute atomic E-state index is 0.0506. The smallest absolute Gasteiger partial charge is 0.226 e. The molecular weight excluding hydrogens is 218 g/mol. The fourth-order valence-corrected chi connectivity index (χ4v) is 2.08. The highest BCUT2D eigenvalue weighted by Crippen LogP contribution is 2.19. The number of nitrogens with two attached hydrogens (primary N) is 1. The maximum Gasteiger partial charge on any atom is 0.226 e. The summed E-state index contributed by atoms with van der Waals surface area (Å²) in [6.07, 6.45) is 1.49. The Balaban J connectivity index is 2.47. The Morgan fingerprint density at radius 2 is 1.82 bits per heavy atom. The van der Waals surface area contributed by atoms with E-state index in [1.807, 2.05) is 18.7 Å². The molecule has 0 radical (unpaired) electrons. The van der Waals surface area contributed by atoms with Crippen LogP contribution in [0.3, 0.4) is 0 Å². The lowest BCUT2D eigenvalue weighted by Crippen LogP contribution is -2.47. The molecule has 0 spiro atoms. The van der Waals surface area contributed by atoms with Crippen molar-refractivity contribution in [2.24, 2.45) is 17.6 Å². The highest BCUT2D eigenvalue weighted by atomic mass is 16.2. The van der Waals surface area contributed by atoms with Crippen LogP contribution in [0, 0.1) is 11.8 Å². The molecule has 0 aromatic carbocycles. The minimum atomic E-state index is -0.147. The summed E-state index contributed by atoms with van der Waals surface area (Å²) >= 11 is 0. The topological polar surface area (TPSA) is 75.4 Å². The number of rotatable bonds is 3. The first-order valence-corrected chi connectivity index (χ1v) is 6.23. The molecule has 1 aliphatic rings. The molecule has 1 heterocycles. The number of hydrogen-bond acceptors (Lipinski definition) is 3. The zero-order chi connectivity index (χ0) is 13.0. The van der Waals surface area contributed by atoms with Crippen LogP contribution in [-0.2, 0) is 9.59 Å². The first kappa shape index (κ1) is 14.0. The van der Waals surface area contributed by atoms with Gasteiger partial charge in [0.15, 0.2) is 0 Å². The zero-order valence-electron chi connectivity index (χ0n) is 10.9. The molecule has 5 nitrogen and oxygen atoms in total. The van der Waals surface area contributed by atoms with Gasteiger partial charge in [0, 0.05) is 32.1 Å². The van der Waals surface area contributed by atoms with Crippen LogP contribution >= 0.6 is 0 Å². The first-order valence-electron chi connectivity index (χ1n) is 6.23. The molecule has 0 aliphatic carbocycles. The van der Waals surface area contributed by atoms with Gasteiger partial charge in [0.25, 0.3) is 0 Å². The Morgan fingerprint density at radius 1 is 1.29 bits per heavy atom. The molecule has 0 saturated carbocycles. The van der Waals surface area contributed by atoms with Gasteiger partial charge < -0.3 is 16.0 Å². The molecule has 0 aromatic rings. The number of likely N-dealkylation sites (tertiary alicyclic amines) is 1. The van der Waals surface area contributed by atoms with Crippen LogP contribution < -0.4 is 11.1 Å². The van der Waals surface area contributed by atoms with Crippen molar-refractivity contribution < 1.29 is 9.59 Å². The normalized spacial score (nSPS) is 20.8. The van der Waals surface area contributed by atoms with Crippen LogP contribution in [0.1, 0.15) is 26.7 Å². The van der Waals surface area contributed by atoms with E-state index in [0.29, 0.717) is 13.1 Å². The molecule has 17 heavy (non-hydrogen) atoms. The third-order valence-electron chi connectivity index (χ3n) is 3.60. The van der Waals surface area contributed by atoms with Gasteiger partial charge >= 0.3 is 0 Å². The number of amides is 2. The average molecular weight is 241 g/mol. The fraction of sp³-hybridized carbons (Fsp3) is 0.833. The number of nitrogens with one attached hydrogen (secondary N) is 1. The van der Waals surface area contributed by atoms with Crippen LogP contribution in [0.4, 0.5) is 0 Å². The van der Waals surface area contributed by atoms with Gasteiger partial charge in [-0.25, -0.2) is 0 Å². The van der Waals surface area contributed by atoms with Crippen molar-refractivity contribution in [1.29, 1.82) is 0 Å². The maximum atomic E-state index is 12.0. The fourth-order valence-electron chi connectivity index (χ4n) is 2.08. The molecule has 2 amide bonds. The van der Waals surface area contributed by atoms with E-state index in [0.717, 1.165) is 12.8 Å². The standard InChI is InChI=1S/C12H23N3O2/c1-8(9(2)13)12(17)15-6-4-10(5-7-15)11(16)14-3/h8-10H,4-7,13H2,1-3H3,(H,14,16). The zero-order valence-corrected chi connectivity index (χ0v) is 10.9. The first-order chi connectivity index (χ1) is 7.97. The van der Waals surface area contributed by atoms with Crippen LogP contribution in [0.2, 0.25) is 0 Å². The second kappa shape index (κ2) is 6.00. The third-order valence-corrected chi connectivity index (χ3v) is 3.60. The minimum Gasteiger partial charge on any atom is -0.359 e. The Kier molecular flexibility index (Phi) is 4.93. The summed E-state index contributed by atoms with van der Waals surface area (Å²) in [5, 5.41) is 2.66. The quantitative estimate of drug-likeness (QED) is 0.727. The molecule has 2 unspecified atom stereocenters. The van der Waals surface area contributed by atoms with Crippen molar-refractivity contribution in [2.45, 2.75) is 32.7 Å². The van der Waals surface area contributed by atoms with Gasteiger partial charge in [-0.2, -0.15) is 0 Å². The SMILES string of the molecule is CNC(=O)C1CCN(C(=O)C(C)C(C)N)CC1. The van der Waals surface area contributed by atoms with E-state index in [1.165, 1.54) is 0 Å². The average Bonchev–Trinajstić information content (AvgIpc) is 2.36. The predicted molar refractivity (Wildman–Crippen MR) is 66.2 cm³/mol. The number of hydrogen-bond donors (Lipinski definition) is 2. The second-order valence-corrected chi connectivity index (χ2v) is 4.86. The Labute approximate surface area is 103 Å². The number of nitrogens with zero attached hydrogens (tertiary/aromatic N) is 1. The molecule has 2 atom stereocenters. The number of piperidine rings is 1. The van der Waals surface area contributed by atoms with Crippen molar-refractivity contribution in [2.75, 3.05) is 20.1 Å². The van der Waals surface area contributed by atoms with Crippen molar-refractivity contribution in [3.8, 4) is 0 Å². The molecule has 3 N–H and O–H groups in total. The number of carbonyl (C=O) groups excluding carboxylic acids is 2. The molecule has 1 saturated heterocycles. The van der Waals surface area contributed by atoms with Crippen LogP contribution in [-0.4, -0.2) is 42.9 Å². The van der Waals surface area contributed by atoms with Crippen LogP contribution in [0.5, 0.6) is 0 Å². The summed E-state index contributed by atoms with van der Waals surface area (Å²) in [6, 6.07) is -0.126. The Bertz CT molecular complexity index is 283. The van der Waals surface area contributed by atoms with Gasteiger partial charge in [-0.3, -0.25) is 9.59 Å². The Hall–Kier alpha value is -1.10. The van der Waals surface area contributed by atoms with Gasteiger partial charge in [0.2, 0.25) is 11.8 Å². The highest BCUT2D eigenvalue weighted by molar-refractivity contribution is 5.81. The monoisotopic (exact) mass is 241 g/mol. The summed E-state index contributed by atoms with van der Waals surface area (Å²) in [5.74, 6) is 0.0916. The lowest BCUT2D eigenvalue weighted by Gasteiger charge is -2.33. The Morgan fingerprint density at radius 3 is 2.24 bits per heavy atom. The molecule has 0 aromatic heterocycles. The van der Waals surface area contributed by atoms with Crippen molar-refractivity contribution in [1.82, 2.24) is 10.2 Å². The van der Waals surface area contributed by atoms with Crippen molar-refractivity contribution in [3.05, 3.63) is 0 Å². The summed E-state index contributed by atoms with van der Waals surface area (Å²) in [4.78, 5) is 25.3. The van der Waals surface area contributed by atoms with Gasteiger partial charge in [0.1, 0.15) is 0 Å². The van der Waals surface area contributed by atoms with Gasteiger partial charge in [-0.05, 0) is 19.8 Å². The predicted octanol–water partition coefficient (Wildman–Crippen LogP) is -0.0457. The van der Waals surface area contributed by atoms with E-state index >= 15 is 0 Å². The van der Waals surface area contributed by atoms with Crippen molar-refractivity contribution in [3.63, 3.8) is 0 Å². The third kappa shape index (κ3) is 3.43. The van der Waals surface area contributed by atoms with E-state index < -0.39 is 0 Å². The number of carbonyl (C=O) groups is 2. The van der Waals surface area contributed by atoms with Gasteiger partial charge in [-0.1, -0.05) is 6.92 Å². The van der Waals surface area contributed by atoms with Crippen LogP contribution in [0.15, 0.2) is 0 Å². The summed E-state index contributed by atoms with van der Waals surface area (Å²) in [7, 11) is 1.65. The summed E-state index contributed by atoms with van der Waals surface area (Å²) in [6.45, 7) is 5.03. The van der Waals surface area contributed by atoms with E-state index in [2.05, 4.69) is 5.32 Å². The maximum absolute atomic E-state index is 12.0. The molecule has 1 aliphatic heterocycles. The largest absolute Gasteiger partial charge is 0.359 e. The summed E-state index contributed by atoms with van der Waals surface area (Å²) in [5.41, 5.74) is 5.73. The highest BCUT2D eigenvalue weighted by Gasteiger charge is 2.29. The van der Waals surface area contributed by atoms with E-state index in [4.69, 9.17) is 5.73 Å². The van der Waals surface area contributed by atoms with Gasteiger partial charge in [0.05, 0.1) is 5.92 Å². The lowest BCUT2D eigenvalue weighted by atomic mass is 9.94. The van der Waals surface area contributed by atoms with E-state index in [-0.39, 0.29) is 29.7 Å². The van der Waals surface area contributed by atoms with E-state index in [9.17, 15) is 9.59 Å². The van der Waals surface area contributed by atoms with Crippen LogP contribution in [0.25, 0.3) is 0 Å². The molecule has 0 bridgehead atoms. The molecular formula is C12H23N3O2.